The Morgan fingerprint density at radius 3 is 2.55 bits per heavy atom. The van der Waals surface area contributed by atoms with E-state index >= 15 is 0 Å². The number of hydrogen-bond acceptors (Lipinski definition) is 5. The molecule has 2 aromatic rings. The maximum atomic E-state index is 5.75. The molecule has 0 aliphatic rings. The Hall–Kier alpha value is -2.30. The van der Waals surface area contributed by atoms with Crippen LogP contribution in [0.4, 0.5) is 5.82 Å². The van der Waals surface area contributed by atoms with Crippen LogP contribution in [0.5, 0.6) is 11.6 Å². The number of rotatable bonds is 6. The number of aromatic nitrogens is 2. The highest BCUT2D eigenvalue weighted by molar-refractivity contribution is 5.47. The van der Waals surface area contributed by atoms with Gasteiger partial charge in [0, 0.05) is 6.54 Å². The van der Waals surface area contributed by atoms with Crippen molar-refractivity contribution in [3.63, 3.8) is 0 Å². The summed E-state index contributed by atoms with van der Waals surface area (Å²) in [5, 5.41) is 3.18. The Morgan fingerprint density at radius 2 is 1.90 bits per heavy atom. The molecule has 0 amide bonds. The van der Waals surface area contributed by atoms with Gasteiger partial charge in [-0.2, -0.15) is 0 Å². The van der Waals surface area contributed by atoms with E-state index in [0.29, 0.717) is 12.5 Å². The standard InChI is InChI=1S/C15H19N3O2/c1-4-16-14-11(2)15(18-10-17-14)20-9-12-5-7-13(19-3)8-6-12/h5-8,10H,4,9H2,1-3H3,(H,16,17,18). The number of benzene rings is 1. The first-order chi connectivity index (χ1) is 9.74. The van der Waals surface area contributed by atoms with Crippen LogP contribution in [0.1, 0.15) is 18.1 Å². The molecular weight excluding hydrogens is 254 g/mol. The number of anilines is 1. The van der Waals surface area contributed by atoms with Crippen molar-refractivity contribution in [2.24, 2.45) is 0 Å². The van der Waals surface area contributed by atoms with Crippen LogP contribution in [0, 0.1) is 6.92 Å². The van der Waals surface area contributed by atoms with E-state index in [4.69, 9.17) is 9.47 Å². The smallest absolute Gasteiger partial charge is 0.221 e. The lowest BCUT2D eigenvalue weighted by molar-refractivity contribution is 0.291. The summed E-state index contributed by atoms with van der Waals surface area (Å²) in [6.07, 6.45) is 1.51. The minimum absolute atomic E-state index is 0.466. The van der Waals surface area contributed by atoms with Gasteiger partial charge in [-0.15, -0.1) is 0 Å². The van der Waals surface area contributed by atoms with Gasteiger partial charge in [-0.1, -0.05) is 12.1 Å². The first-order valence-corrected chi connectivity index (χ1v) is 6.55. The molecule has 0 saturated heterocycles. The van der Waals surface area contributed by atoms with E-state index in [1.165, 1.54) is 6.33 Å². The first kappa shape index (κ1) is 14.1. The highest BCUT2D eigenvalue weighted by Crippen LogP contribution is 2.21. The Kier molecular flexibility index (Phi) is 4.76. The van der Waals surface area contributed by atoms with Crippen LogP contribution in [-0.2, 0) is 6.61 Å². The zero-order chi connectivity index (χ0) is 14.4. The number of nitrogens with one attached hydrogen (secondary N) is 1. The van der Waals surface area contributed by atoms with Crippen molar-refractivity contribution < 1.29 is 9.47 Å². The third kappa shape index (κ3) is 3.38. The lowest BCUT2D eigenvalue weighted by Gasteiger charge is -2.11. The summed E-state index contributed by atoms with van der Waals surface area (Å²) >= 11 is 0. The van der Waals surface area contributed by atoms with Crippen molar-refractivity contribution in [2.75, 3.05) is 19.0 Å². The molecule has 1 aromatic carbocycles. The van der Waals surface area contributed by atoms with Crippen LogP contribution in [0.15, 0.2) is 30.6 Å². The molecule has 0 bridgehead atoms. The molecule has 0 aliphatic heterocycles. The van der Waals surface area contributed by atoms with Crippen LogP contribution >= 0.6 is 0 Å². The molecule has 0 fully saturated rings. The zero-order valence-electron chi connectivity index (χ0n) is 12.0. The fraction of sp³-hybridized carbons (Fsp3) is 0.333. The van der Waals surface area contributed by atoms with E-state index in [1.54, 1.807) is 7.11 Å². The van der Waals surface area contributed by atoms with Crippen molar-refractivity contribution in [1.82, 2.24) is 9.97 Å². The van der Waals surface area contributed by atoms with Crippen LogP contribution in [0.3, 0.4) is 0 Å². The topological polar surface area (TPSA) is 56.3 Å². The van der Waals surface area contributed by atoms with Crippen LogP contribution in [-0.4, -0.2) is 23.6 Å². The molecule has 1 aromatic heterocycles. The van der Waals surface area contributed by atoms with Gasteiger partial charge >= 0.3 is 0 Å². The fourth-order valence-electron chi connectivity index (χ4n) is 1.80. The van der Waals surface area contributed by atoms with Crippen molar-refractivity contribution in [1.29, 1.82) is 0 Å². The lowest BCUT2D eigenvalue weighted by Crippen LogP contribution is -2.05. The maximum absolute atomic E-state index is 5.75. The predicted octanol–water partition coefficient (Wildman–Crippen LogP) is 2.80. The van der Waals surface area contributed by atoms with Gasteiger partial charge in [-0.05, 0) is 31.5 Å². The van der Waals surface area contributed by atoms with Crippen molar-refractivity contribution in [3.05, 3.63) is 41.7 Å². The summed E-state index contributed by atoms with van der Waals surface area (Å²) < 4.78 is 10.9. The van der Waals surface area contributed by atoms with E-state index in [-0.39, 0.29) is 0 Å². The summed E-state index contributed by atoms with van der Waals surface area (Å²) in [6.45, 7) is 5.25. The third-order valence-electron chi connectivity index (χ3n) is 2.92. The largest absolute Gasteiger partial charge is 0.497 e. The molecule has 0 saturated carbocycles. The Bertz CT molecular complexity index is 556. The monoisotopic (exact) mass is 273 g/mol. The molecule has 1 heterocycles. The molecule has 0 unspecified atom stereocenters. The minimum atomic E-state index is 0.466. The summed E-state index contributed by atoms with van der Waals surface area (Å²) in [5.41, 5.74) is 1.98. The van der Waals surface area contributed by atoms with E-state index in [1.807, 2.05) is 38.1 Å². The highest BCUT2D eigenvalue weighted by Gasteiger charge is 2.07. The van der Waals surface area contributed by atoms with Gasteiger partial charge in [0.05, 0.1) is 12.7 Å². The molecule has 0 atom stereocenters. The van der Waals surface area contributed by atoms with Gasteiger partial charge in [0.15, 0.2) is 0 Å². The number of ether oxygens (including phenoxy) is 2. The zero-order valence-corrected chi connectivity index (χ0v) is 12.0. The van der Waals surface area contributed by atoms with E-state index in [0.717, 1.165) is 29.2 Å². The molecule has 5 nitrogen and oxygen atoms in total. The van der Waals surface area contributed by atoms with Crippen molar-refractivity contribution in [3.8, 4) is 11.6 Å². The number of methoxy groups -OCH3 is 1. The maximum Gasteiger partial charge on any atom is 0.221 e. The Labute approximate surface area is 119 Å². The summed E-state index contributed by atoms with van der Waals surface area (Å²) in [6, 6.07) is 7.77. The predicted molar refractivity (Wildman–Crippen MR) is 78.3 cm³/mol. The number of hydrogen-bond donors (Lipinski definition) is 1. The molecule has 1 N–H and O–H groups in total. The third-order valence-corrected chi connectivity index (χ3v) is 2.92. The lowest BCUT2D eigenvalue weighted by atomic mass is 10.2. The molecule has 5 heteroatoms. The van der Waals surface area contributed by atoms with Gasteiger partial charge < -0.3 is 14.8 Å². The van der Waals surface area contributed by atoms with Gasteiger partial charge in [0.1, 0.15) is 24.5 Å². The molecule has 2 rings (SSSR count). The van der Waals surface area contributed by atoms with Gasteiger partial charge in [0.2, 0.25) is 5.88 Å². The van der Waals surface area contributed by atoms with E-state index in [9.17, 15) is 0 Å². The Balaban J connectivity index is 2.04. The molecule has 20 heavy (non-hydrogen) atoms. The average Bonchev–Trinajstić information content (AvgIpc) is 2.49. The molecule has 106 valence electrons. The van der Waals surface area contributed by atoms with Crippen molar-refractivity contribution in [2.45, 2.75) is 20.5 Å². The SMILES string of the molecule is CCNc1ncnc(OCc2ccc(OC)cc2)c1C. The fourth-order valence-corrected chi connectivity index (χ4v) is 1.80. The average molecular weight is 273 g/mol. The van der Waals surface area contributed by atoms with Crippen LogP contribution < -0.4 is 14.8 Å². The second-order valence-electron chi connectivity index (χ2n) is 4.32. The second-order valence-corrected chi connectivity index (χ2v) is 4.32. The highest BCUT2D eigenvalue weighted by atomic mass is 16.5. The van der Waals surface area contributed by atoms with Gasteiger partial charge in [-0.3, -0.25) is 0 Å². The first-order valence-electron chi connectivity index (χ1n) is 6.55. The minimum Gasteiger partial charge on any atom is -0.497 e. The van der Waals surface area contributed by atoms with Crippen molar-refractivity contribution >= 4 is 5.82 Å². The van der Waals surface area contributed by atoms with E-state index < -0.39 is 0 Å². The summed E-state index contributed by atoms with van der Waals surface area (Å²) in [4.78, 5) is 8.36. The quantitative estimate of drug-likeness (QED) is 0.877. The molecule has 0 spiro atoms. The summed E-state index contributed by atoms with van der Waals surface area (Å²) in [5.74, 6) is 2.25. The Morgan fingerprint density at radius 1 is 1.15 bits per heavy atom. The van der Waals surface area contributed by atoms with E-state index in [2.05, 4.69) is 15.3 Å². The normalized spacial score (nSPS) is 10.2. The molecular formula is C15H19N3O2. The summed E-state index contributed by atoms with van der Waals surface area (Å²) in [7, 11) is 1.65. The molecule has 0 radical (unpaired) electrons. The number of nitrogens with zero attached hydrogens (tertiary/aromatic N) is 2. The van der Waals surface area contributed by atoms with Crippen LogP contribution in [0.2, 0.25) is 0 Å². The second kappa shape index (κ2) is 6.75. The molecule has 0 aliphatic carbocycles. The van der Waals surface area contributed by atoms with Gasteiger partial charge in [-0.25, -0.2) is 9.97 Å². The van der Waals surface area contributed by atoms with Crippen LogP contribution in [0.25, 0.3) is 0 Å². The van der Waals surface area contributed by atoms with Gasteiger partial charge in [0.25, 0.3) is 0 Å².